The summed E-state index contributed by atoms with van der Waals surface area (Å²) in [5, 5.41) is 11.5. The number of hydrogen-bond donors (Lipinski definition) is 3. The molecular formula is C16H24N2O3. The molecule has 0 aromatic heterocycles. The van der Waals surface area contributed by atoms with Gasteiger partial charge in [-0.1, -0.05) is 25.1 Å². The van der Waals surface area contributed by atoms with Gasteiger partial charge in [-0.05, 0) is 43.4 Å². The highest BCUT2D eigenvalue weighted by atomic mass is 16.4. The van der Waals surface area contributed by atoms with Gasteiger partial charge in [0.1, 0.15) is 0 Å². The molecule has 1 aromatic carbocycles. The van der Waals surface area contributed by atoms with Gasteiger partial charge < -0.3 is 16.2 Å². The van der Waals surface area contributed by atoms with Gasteiger partial charge in [0.25, 0.3) is 5.91 Å². The molecule has 0 aliphatic rings. The second kappa shape index (κ2) is 9.13. The van der Waals surface area contributed by atoms with Crippen LogP contribution in [0.25, 0.3) is 0 Å². The molecule has 4 N–H and O–H groups in total. The SMILES string of the molecule is CC(CCNC(=O)c1ccccc1CCN)CCC(=O)O. The Morgan fingerprint density at radius 1 is 1.29 bits per heavy atom. The molecule has 21 heavy (non-hydrogen) atoms. The molecule has 5 heteroatoms. The zero-order valence-corrected chi connectivity index (χ0v) is 12.5. The standard InChI is InChI=1S/C16H24N2O3/c1-12(6-7-15(19)20)9-11-18-16(21)14-5-3-2-4-13(14)8-10-17/h2-5,12H,6-11,17H2,1H3,(H,18,21)(H,19,20). The van der Waals surface area contributed by atoms with Gasteiger partial charge in [0.05, 0.1) is 0 Å². The van der Waals surface area contributed by atoms with Gasteiger partial charge in [-0.25, -0.2) is 0 Å². The summed E-state index contributed by atoms with van der Waals surface area (Å²) < 4.78 is 0. The van der Waals surface area contributed by atoms with Crippen molar-refractivity contribution in [1.29, 1.82) is 0 Å². The van der Waals surface area contributed by atoms with Crippen LogP contribution in [0.3, 0.4) is 0 Å². The van der Waals surface area contributed by atoms with E-state index in [9.17, 15) is 9.59 Å². The minimum atomic E-state index is -0.776. The molecule has 1 atom stereocenters. The maximum absolute atomic E-state index is 12.1. The van der Waals surface area contributed by atoms with E-state index in [0.717, 1.165) is 12.0 Å². The largest absolute Gasteiger partial charge is 0.481 e. The van der Waals surface area contributed by atoms with Crippen LogP contribution in [0.15, 0.2) is 24.3 Å². The van der Waals surface area contributed by atoms with Crippen LogP contribution in [0.5, 0.6) is 0 Å². The van der Waals surface area contributed by atoms with Crippen LogP contribution in [-0.4, -0.2) is 30.1 Å². The minimum absolute atomic E-state index is 0.0931. The quantitative estimate of drug-likeness (QED) is 0.647. The summed E-state index contributed by atoms with van der Waals surface area (Å²) >= 11 is 0. The van der Waals surface area contributed by atoms with Crippen molar-refractivity contribution in [2.75, 3.05) is 13.1 Å². The number of rotatable bonds is 9. The topological polar surface area (TPSA) is 92.4 Å². The lowest BCUT2D eigenvalue weighted by Crippen LogP contribution is -2.27. The van der Waals surface area contributed by atoms with Crippen molar-refractivity contribution in [3.05, 3.63) is 35.4 Å². The number of carboxylic acids is 1. The summed E-state index contributed by atoms with van der Waals surface area (Å²) in [4.78, 5) is 22.6. The Morgan fingerprint density at radius 2 is 2.00 bits per heavy atom. The zero-order valence-electron chi connectivity index (χ0n) is 12.5. The average molecular weight is 292 g/mol. The first-order valence-corrected chi connectivity index (χ1v) is 7.32. The maximum Gasteiger partial charge on any atom is 0.303 e. The van der Waals surface area contributed by atoms with E-state index in [1.54, 1.807) is 6.07 Å². The van der Waals surface area contributed by atoms with Crippen LogP contribution >= 0.6 is 0 Å². The number of nitrogens with two attached hydrogens (primary N) is 1. The van der Waals surface area contributed by atoms with E-state index >= 15 is 0 Å². The van der Waals surface area contributed by atoms with Crippen LogP contribution in [-0.2, 0) is 11.2 Å². The number of hydrogen-bond acceptors (Lipinski definition) is 3. The summed E-state index contributed by atoms with van der Waals surface area (Å²) in [5.74, 6) is -0.591. The fraction of sp³-hybridized carbons (Fsp3) is 0.500. The van der Waals surface area contributed by atoms with Crippen LogP contribution < -0.4 is 11.1 Å². The number of carboxylic acid groups (broad SMARTS) is 1. The Labute approximate surface area is 125 Å². The summed E-state index contributed by atoms with van der Waals surface area (Å²) in [6.45, 7) is 3.06. The monoisotopic (exact) mass is 292 g/mol. The molecule has 5 nitrogen and oxygen atoms in total. The predicted octanol–water partition coefficient (Wildman–Crippen LogP) is 1.81. The number of amides is 1. The van der Waals surface area contributed by atoms with Crippen molar-refractivity contribution in [2.45, 2.75) is 32.6 Å². The highest BCUT2D eigenvalue weighted by Crippen LogP contribution is 2.11. The van der Waals surface area contributed by atoms with E-state index in [1.807, 2.05) is 25.1 Å². The Kier molecular flexibility index (Phi) is 7.46. The van der Waals surface area contributed by atoms with Crippen molar-refractivity contribution < 1.29 is 14.7 Å². The third kappa shape index (κ3) is 6.40. The maximum atomic E-state index is 12.1. The van der Waals surface area contributed by atoms with Gasteiger partial charge in [0.2, 0.25) is 0 Å². The number of carbonyl (C=O) groups is 2. The molecular weight excluding hydrogens is 268 g/mol. The summed E-state index contributed by atoms with van der Waals surface area (Å²) in [7, 11) is 0. The highest BCUT2D eigenvalue weighted by molar-refractivity contribution is 5.95. The Morgan fingerprint density at radius 3 is 2.67 bits per heavy atom. The smallest absolute Gasteiger partial charge is 0.303 e. The minimum Gasteiger partial charge on any atom is -0.481 e. The first kappa shape index (κ1) is 17.2. The Balaban J connectivity index is 2.42. The van der Waals surface area contributed by atoms with E-state index in [-0.39, 0.29) is 18.2 Å². The van der Waals surface area contributed by atoms with Crippen LogP contribution in [0.2, 0.25) is 0 Å². The third-order valence-electron chi connectivity index (χ3n) is 3.45. The Bertz CT molecular complexity index is 474. The first-order chi connectivity index (χ1) is 10.0. The van der Waals surface area contributed by atoms with Gasteiger partial charge in [-0.15, -0.1) is 0 Å². The molecule has 1 rings (SSSR count). The number of nitrogens with one attached hydrogen (secondary N) is 1. The van der Waals surface area contributed by atoms with Gasteiger partial charge >= 0.3 is 5.97 Å². The van der Waals surface area contributed by atoms with Gasteiger partial charge in [-0.3, -0.25) is 9.59 Å². The summed E-state index contributed by atoms with van der Waals surface area (Å²) in [6, 6.07) is 7.45. The molecule has 0 heterocycles. The third-order valence-corrected chi connectivity index (χ3v) is 3.45. The van der Waals surface area contributed by atoms with Gasteiger partial charge in [0.15, 0.2) is 0 Å². The zero-order chi connectivity index (χ0) is 15.7. The fourth-order valence-corrected chi connectivity index (χ4v) is 2.16. The van der Waals surface area contributed by atoms with E-state index < -0.39 is 5.97 Å². The summed E-state index contributed by atoms with van der Waals surface area (Å²) in [6.07, 6.45) is 2.26. The molecule has 0 saturated heterocycles. The molecule has 0 fully saturated rings. The highest BCUT2D eigenvalue weighted by Gasteiger charge is 2.11. The van der Waals surface area contributed by atoms with Crippen LogP contribution in [0.4, 0.5) is 0 Å². The Hall–Kier alpha value is -1.88. The molecule has 0 aliphatic heterocycles. The molecule has 0 radical (unpaired) electrons. The lowest BCUT2D eigenvalue weighted by molar-refractivity contribution is -0.137. The second-order valence-corrected chi connectivity index (χ2v) is 5.28. The molecule has 1 unspecified atom stereocenters. The fourth-order valence-electron chi connectivity index (χ4n) is 2.16. The van der Waals surface area contributed by atoms with E-state index in [4.69, 9.17) is 10.8 Å². The first-order valence-electron chi connectivity index (χ1n) is 7.32. The van der Waals surface area contributed by atoms with Crippen molar-refractivity contribution in [2.24, 2.45) is 11.7 Å². The van der Waals surface area contributed by atoms with E-state index in [0.29, 0.717) is 31.5 Å². The molecule has 1 aromatic rings. The average Bonchev–Trinajstić information content (AvgIpc) is 2.46. The predicted molar refractivity (Wildman–Crippen MR) is 82.2 cm³/mol. The lowest BCUT2D eigenvalue weighted by atomic mass is 10.0. The second-order valence-electron chi connectivity index (χ2n) is 5.28. The van der Waals surface area contributed by atoms with Gasteiger partial charge in [-0.2, -0.15) is 0 Å². The number of benzene rings is 1. The van der Waals surface area contributed by atoms with Crippen molar-refractivity contribution in [3.8, 4) is 0 Å². The van der Waals surface area contributed by atoms with E-state index in [1.165, 1.54) is 0 Å². The number of aliphatic carboxylic acids is 1. The van der Waals surface area contributed by atoms with Crippen molar-refractivity contribution in [1.82, 2.24) is 5.32 Å². The molecule has 1 amide bonds. The molecule has 0 saturated carbocycles. The van der Waals surface area contributed by atoms with Crippen LogP contribution in [0.1, 0.15) is 42.1 Å². The molecule has 0 aliphatic carbocycles. The molecule has 0 spiro atoms. The van der Waals surface area contributed by atoms with Gasteiger partial charge in [0, 0.05) is 18.5 Å². The molecule has 0 bridgehead atoms. The van der Waals surface area contributed by atoms with Crippen molar-refractivity contribution >= 4 is 11.9 Å². The normalized spacial score (nSPS) is 11.9. The van der Waals surface area contributed by atoms with Crippen molar-refractivity contribution in [3.63, 3.8) is 0 Å². The van der Waals surface area contributed by atoms with Crippen LogP contribution in [0, 0.1) is 5.92 Å². The van der Waals surface area contributed by atoms with E-state index in [2.05, 4.69) is 5.32 Å². The summed E-state index contributed by atoms with van der Waals surface area (Å²) in [5.41, 5.74) is 7.17. The number of carbonyl (C=O) groups excluding carboxylic acids is 1. The molecule has 116 valence electrons. The lowest BCUT2D eigenvalue weighted by Gasteiger charge is -2.12.